The molecule has 0 heterocycles. The van der Waals surface area contributed by atoms with E-state index in [1.165, 1.54) is 19.2 Å². The molecule has 0 saturated heterocycles. The molecule has 0 unspecified atom stereocenters. The molecule has 150 valence electrons. The van der Waals surface area contributed by atoms with Gasteiger partial charge in [0.25, 0.3) is 5.91 Å². The van der Waals surface area contributed by atoms with E-state index < -0.39 is 10.0 Å². The number of hydrogen-bond donors (Lipinski definition) is 3. The second-order valence-electron chi connectivity index (χ2n) is 5.81. The average Bonchev–Trinajstić information content (AvgIpc) is 2.71. The monoisotopic (exact) mass is 405 g/mol. The summed E-state index contributed by atoms with van der Waals surface area (Å²) in [5.41, 5.74) is 1.02. The summed E-state index contributed by atoms with van der Waals surface area (Å²) in [6.45, 7) is 1.92. The molecule has 9 heteroatoms. The first kappa shape index (κ1) is 21.4. The van der Waals surface area contributed by atoms with Gasteiger partial charge in [-0.25, -0.2) is 13.1 Å². The average molecular weight is 405 g/mol. The highest BCUT2D eigenvalue weighted by atomic mass is 32.2. The minimum absolute atomic E-state index is 0.0464. The van der Waals surface area contributed by atoms with E-state index in [1.54, 1.807) is 43.3 Å². The van der Waals surface area contributed by atoms with E-state index in [0.717, 1.165) is 0 Å². The fourth-order valence-corrected chi connectivity index (χ4v) is 3.29. The third kappa shape index (κ3) is 6.07. The van der Waals surface area contributed by atoms with E-state index in [1.807, 2.05) is 0 Å². The second kappa shape index (κ2) is 9.86. The Bertz CT molecular complexity index is 910. The predicted octanol–water partition coefficient (Wildman–Crippen LogP) is 1.75. The minimum atomic E-state index is -3.66. The van der Waals surface area contributed by atoms with Crippen LogP contribution in [0.25, 0.3) is 0 Å². The van der Waals surface area contributed by atoms with Gasteiger partial charge in [0.15, 0.2) is 0 Å². The van der Waals surface area contributed by atoms with Crippen LogP contribution in [0, 0.1) is 0 Å². The number of ether oxygens (including phenoxy) is 1. The maximum absolute atomic E-state index is 12.2. The molecule has 28 heavy (non-hydrogen) atoms. The van der Waals surface area contributed by atoms with Crippen LogP contribution in [-0.2, 0) is 14.8 Å². The Morgan fingerprint density at radius 3 is 2.18 bits per heavy atom. The molecule has 0 aliphatic carbocycles. The van der Waals surface area contributed by atoms with Crippen molar-refractivity contribution in [1.29, 1.82) is 0 Å². The fraction of sp³-hybridized carbons (Fsp3) is 0.263. The molecule has 0 aliphatic heterocycles. The van der Waals surface area contributed by atoms with Crippen LogP contribution >= 0.6 is 0 Å². The molecule has 0 bridgehead atoms. The number of anilines is 1. The zero-order chi connectivity index (χ0) is 20.6. The lowest BCUT2D eigenvalue weighted by Gasteiger charge is -2.09. The quantitative estimate of drug-likeness (QED) is 0.550. The van der Waals surface area contributed by atoms with E-state index >= 15 is 0 Å². The van der Waals surface area contributed by atoms with Crippen molar-refractivity contribution >= 4 is 27.5 Å². The van der Waals surface area contributed by atoms with Gasteiger partial charge >= 0.3 is 0 Å². The van der Waals surface area contributed by atoms with Gasteiger partial charge in [0.05, 0.1) is 12.0 Å². The maximum atomic E-state index is 12.2. The Kier molecular flexibility index (Phi) is 7.53. The summed E-state index contributed by atoms with van der Waals surface area (Å²) < 4.78 is 31.8. The Hall–Kier alpha value is -2.91. The van der Waals surface area contributed by atoms with Crippen molar-refractivity contribution in [3.63, 3.8) is 0 Å². The smallest absolute Gasteiger partial charge is 0.251 e. The molecule has 0 spiro atoms. The summed E-state index contributed by atoms with van der Waals surface area (Å²) in [4.78, 5) is 23.6. The van der Waals surface area contributed by atoms with Crippen LogP contribution in [0.5, 0.6) is 5.75 Å². The van der Waals surface area contributed by atoms with Crippen molar-refractivity contribution in [2.24, 2.45) is 0 Å². The summed E-state index contributed by atoms with van der Waals surface area (Å²) in [5, 5.41) is 5.33. The molecule has 8 nitrogen and oxygen atoms in total. The molecule has 0 fully saturated rings. The molecule has 2 aromatic carbocycles. The molecule has 2 rings (SSSR count). The van der Waals surface area contributed by atoms with E-state index in [9.17, 15) is 18.0 Å². The first-order chi connectivity index (χ1) is 13.4. The van der Waals surface area contributed by atoms with Gasteiger partial charge in [-0.1, -0.05) is 6.92 Å². The number of benzene rings is 2. The minimum Gasteiger partial charge on any atom is -0.497 e. The van der Waals surface area contributed by atoms with Gasteiger partial charge in [-0.2, -0.15) is 0 Å². The van der Waals surface area contributed by atoms with E-state index in [4.69, 9.17) is 4.74 Å². The van der Waals surface area contributed by atoms with Crippen molar-refractivity contribution in [3.05, 3.63) is 54.1 Å². The third-order valence-electron chi connectivity index (χ3n) is 3.82. The van der Waals surface area contributed by atoms with Gasteiger partial charge in [-0.05, 0) is 48.5 Å². The highest BCUT2D eigenvalue weighted by Crippen LogP contribution is 2.15. The molecule has 0 saturated carbocycles. The third-order valence-corrected chi connectivity index (χ3v) is 5.30. The summed E-state index contributed by atoms with van der Waals surface area (Å²) in [6, 6.07) is 12.4. The molecule has 0 aromatic heterocycles. The van der Waals surface area contributed by atoms with Gasteiger partial charge in [-0.15, -0.1) is 0 Å². The van der Waals surface area contributed by atoms with Crippen LogP contribution in [0.3, 0.4) is 0 Å². The summed E-state index contributed by atoms with van der Waals surface area (Å²) in [6.07, 6.45) is 0.370. The largest absolute Gasteiger partial charge is 0.497 e. The predicted molar refractivity (Wildman–Crippen MR) is 106 cm³/mol. The van der Waals surface area contributed by atoms with Crippen LogP contribution in [-0.4, -0.2) is 40.4 Å². The summed E-state index contributed by atoms with van der Waals surface area (Å²) in [5.74, 6) is 0.116. The van der Waals surface area contributed by atoms with Crippen molar-refractivity contribution in [1.82, 2.24) is 10.0 Å². The number of hydrogen-bond acceptors (Lipinski definition) is 5. The Labute approximate surface area is 164 Å². The van der Waals surface area contributed by atoms with E-state index in [2.05, 4.69) is 15.4 Å². The molecule has 0 radical (unpaired) electrons. The normalized spacial score (nSPS) is 10.9. The molecule has 2 aromatic rings. The SMILES string of the molecule is CCC(=O)Nc1ccc(C(=O)NCCNS(=O)(=O)c2ccc(OC)cc2)cc1. The van der Waals surface area contributed by atoms with Crippen molar-refractivity contribution in [3.8, 4) is 5.75 Å². The van der Waals surface area contributed by atoms with Crippen molar-refractivity contribution in [2.45, 2.75) is 18.2 Å². The number of rotatable bonds is 9. The van der Waals surface area contributed by atoms with Gasteiger partial charge in [0.2, 0.25) is 15.9 Å². The lowest BCUT2D eigenvalue weighted by atomic mass is 10.2. The number of methoxy groups -OCH3 is 1. The van der Waals surface area contributed by atoms with Gasteiger partial charge < -0.3 is 15.4 Å². The highest BCUT2D eigenvalue weighted by molar-refractivity contribution is 7.89. The first-order valence-corrected chi connectivity index (χ1v) is 10.2. The van der Waals surface area contributed by atoms with Crippen LogP contribution in [0.4, 0.5) is 5.69 Å². The van der Waals surface area contributed by atoms with Gasteiger partial charge in [-0.3, -0.25) is 9.59 Å². The number of sulfonamides is 1. The highest BCUT2D eigenvalue weighted by Gasteiger charge is 2.13. The van der Waals surface area contributed by atoms with Crippen LogP contribution < -0.4 is 20.1 Å². The molecule has 2 amide bonds. The molecular weight excluding hydrogens is 382 g/mol. The van der Waals surface area contributed by atoms with Crippen LogP contribution in [0.15, 0.2) is 53.4 Å². The molecule has 3 N–H and O–H groups in total. The Morgan fingerprint density at radius 2 is 1.61 bits per heavy atom. The van der Waals surface area contributed by atoms with Crippen LogP contribution in [0.1, 0.15) is 23.7 Å². The number of nitrogens with one attached hydrogen (secondary N) is 3. The standard InChI is InChI=1S/C19H23N3O5S/c1-3-18(23)22-15-6-4-14(5-7-15)19(24)20-12-13-21-28(25,26)17-10-8-16(27-2)9-11-17/h4-11,21H,3,12-13H2,1-2H3,(H,20,24)(H,22,23). The first-order valence-electron chi connectivity index (χ1n) is 8.67. The Morgan fingerprint density at radius 1 is 0.964 bits per heavy atom. The molecule has 0 atom stereocenters. The fourth-order valence-electron chi connectivity index (χ4n) is 2.26. The zero-order valence-electron chi connectivity index (χ0n) is 15.7. The van der Waals surface area contributed by atoms with Crippen molar-refractivity contribution in [2.75, 3.05) is 25.5 Å². The number of amides is 2. The molecular formula is C19H23N3O5S. The van der Waals surface area contributed by atoms with Crippen LogP contribution in [0.2, 0.25) is 0 Å². The van der Waals surface area contributed by atoms with E-state index in [-0.39, 0.29) is 29.8 Å². The number of carbonyl (C=O) groups is 2. The number of carbonyl (C=O) groups excluding carboxylic acids is 2. The van der Waals surface area contributed by atoms with E-state index in [0.29, 0.717) is 23.4 Å². The van der Waals surface area contributed by atoms with Gasteiger partial charge in [0, 0.05) is 30.8 Å². The lowest BCUT2D eigenvalue weighted by Crippen LogP contribution is -2.34. The second-order valence-corrected chi connectivity index (χ2v) is 7.58. The zero-order valence-corrected chi connectivity index (χ0v) is 16.5. The topological polar surface area (TPSA) is 114 Å². The summed E-state index contributed by atoms with van der Waals surface area (Å²) in [7, 11) is -2.17. The van der Waals surface area contributed by atoms with Crippen molar-refractivity contribution < 1.29 is 22.7 Å². The lowest BCUT2D eigenvalue weighted by molar-refractivity contribution is -0.115. The Balaban J connectivity index is 1.82. The molecule has 0 aliphatic rings. The summed E-state index contributed by atoms with van der Waals surface area (Å²) >= 11 is 0. The maximum Gasteiger partial charge on any atom is 0.251 e. The van der Waals surface area contributed by atoms with Gasteiger partial charge in [0.1, 0.15) is 5.75 Å².